The molecule has 184 valence electrons. The summed E-state index contributed by atoms with van der Waals surface area (Å²) in [5, 5.41) is 0. The Labute approximate surface area is 202 Å². The van der Waals surface area contributed by atoms with Gasteiger partial charge in [-0.25, -0.2) is 4.79 Å². The lowest BCUT2D eigenvalue weighted by Gasteiger charge is -2.10. The highest BCUT2D eigenvalue weighted by atomic mass is 32.2. The van der Waals surface area contributed by atoms with E-state index >= 15 is 0 Å². The van der Waals surface area contributed by atoms with Gasteiger partial charge in [0, 0.05) is 4.90 Å². The van der Waals surface area contributed by atoms with Crippen LogP contribution in [0, 0.1) is 0 Å². The van der Waals surface area contributed by atoms with E-state index in [4.69, 9.17) is 9.47 Å². The fraction of sp³-hybridized carbons (Fsp3) is 0.750. The Morgan fingerprint density at radius 2 is 1.25 bits per heavy atom. The van der Waals surface area contributed by atoms with Crippen molar-refractivity contribution in [2.75, 3.05) is 19.5 Å². The molecule has 0 aliphatic heterocycles. The zero-order valence-electron chi connectivity index (χ0n) is 21.1. The molecule has 0 aliphatic rings. The summed E-state index contributed by atoms with van der Waals surface area (Å²) in [4.78, 5) is 13.0. The largest absolute Gasteiger partial charge is 0.496 e. The molecule has 1 aromatic rings. The van der Waals surface area contributed by atoms with Gasteiger partial charge >= 0.3 is 5.97 Å². The summed E-state index contributed by atoms with van der Waals surface area (Å²) in [6.07, 6.45) is 22.3. The number of esters is 1. The van der Waals surface area contributed by atoms with Crippen molar-refractivity contribution in [3.8, 4) is 5.75 Å². The monoisotopic (exact) mass is 464 g/mol. The first-order valence-electron chi connectivity index (χ1n) is 13.2. The smallest absolute Gasteiger partial charge is 0.338 e. The average molecular weight is 465 g/mol. The summed E-state index contributed by atoms with van der Waals surface area (Å²) in [5.74, 6) is 1.56. The van der Waals surface area contributed by atoms with Gasteiger partial charge in [-0.2, -0.15) is 0 Å². The molecule has 0 aromatic heterocycles. The molecule has 0 amide bonds. The highest BCUT2D eigenvalue weighted by Gasteiger charge is 2.11. The molecule has 4 heteroatoms. The first-order valence-corrected chi connectivity index (χ1v) is 14.2. The lowest BCUT2D eigenvalue weighted by Crippen LogP contribution is -2.05. The fourth-order valence-corrected chi connectivity index (χ4v) is 4.98. The van der Waals surface area contributed by atoms with Crippen LogP contribution >= 0.6 is 11.8 Å². The number of rotatable bonds is 21. The quantitative estimate of drug-likeness (QED) is 0.103. The maximum atomic E-state index is 11.9. The Balaban J connectivity index is 1.97. The maximum absolute atomic E-state index is 11.9. The summed E-state index contributed by atoms with van der Waals surface area (Å²) in [7, 11) is 1.66. The van der Waals surface area contributed by atoms with Crippen LogP contribution in [0.4, 0.5) is 0 Å². The number of unbranched alkanes of at least 4 members (excludes halogenated alkanes) is 15. The van der Waals surface area contributed by atoms with Crippen molar-refractivity contribution in [2.45, 2.75) is 121 Å². The van der Waals surface area contributed by atoms with Crippen LogP contribution in [-0.4, -0.2) is 25.4 Å². The van der Waals surface area contributed by atoms with Crippen LogP contribution in [0.15, 0.2) is 23.1 Å². The third-order valence-corrected chi connectivity index (χ3v) is 7.07. The van der Waals surface area contributed by atoms with E-state index in [0.29, 0.717) is 12.2 Å². The molecule has 0 bridgehead atoms. The maximum Gasteiger partial charge on any atom is 0.338 e. The summed E-state index contributed by atoms with van der Waals surface area (Å²) >= 11 is 1.81. The molecular weight excluding hydrogens is 416 g/mol. The van der Waals surface area contributed by atoms with Crippen molar-refractivity contribution in [1.82, 2.24) is 0 Å². The number of methoxy groups -OCH3 is 1. The number of carbonyl (C=O) groups excluding carboxylic acids is 1. The summed E-state index contributed by atoms with van der Waals surface area (Å²) in [5.41, 5.74) is 0.551. The zero-order valence-corrected chi connectivity index (χ0v) is 21.9. The number of hydrogen-bond acceptors (Lipinski definition) is 4. The van der Waals surface area contributed by atoms with Crippen molar-refractivity contribution in [1.29, 1.82) is 0 Å². The molecule has 0 saturated carbocycles. The van der Waals surface area contributed by atoms with Crippen molar-refractivity contribution in [2.24, 2.45) is 0 Å². The van der Waals surface area contributed by atoms with Crippen molar-refractivity contribution in [3.63, 3.8) is 0 Å². The van der Waals surface area contributed by atoms with Gasteiger partial charge in [0.05, 0.1) is 19.3 Å². The predicted molar refractivity (Wildman–Crippen MR) is 139 cm³/mol. The van der Waals surface area contributed by atoms with E-state index in [2.05, 4.69) is 6.92 Å². The minimum absolute atomic E-state index is 0.292. The summed E-state index contributed by atoms with van der Waals surface area (Å²) in [6, 6.07) is 5.59. The molecule has 0 saturated heterocycles. The first-order chi connectivity index (χ1) is 15.7. The van der Waals surface area contributed by atoms with Crippen LogP contribution in [-0.2, 0) is 4.74 Å². The molecule has 0 N–H and O–H groups in total. The third-order valence-electron chi connectivity index (χ3n) is 5.93. The molecule has 0 fully saturated rings. The highest BCUT2D eigenvalue weighted by molar-refractivity contribution is 7.99. The normalized spacial score (nSPS) is 11.0. The van der Waals surface area contributed by atoms with Gasteiger partial charge in [0.15, 0.2) is 0 Å². The molecule has 1 aromatic carbocycles. The van der Waals surface area contributed by atoms with Crippen LogP contribution in [0.5, 0.6) is 5.75 Å². The van der Waals surface area contributed by atoms with Crippen LogP contribution in [0.3, 0.4) is 0 Å². The number of thioether (sulfide) groups is 1. The van der Waals surface area contributed by atoms with Crippen LogP contribution in [0.2, 0.25) is 0 Å². The number of hydrogen-bond donors (Lipinski definition) is 0. The molecule has 3 nitrogen and oxygen atoms in total. The van der Waals surface area contributed by atoms with E-state index < -0.39 is 0 Å². The molecule has 0 spiro atoms. The van der Waals surface area contributed by atoms with Crippen LogP contribution in [0.25, 0.3) is 0 Å². The fourth-order valence-electron chi connectivity index (χ4n) is 3.96. The van der Waals surface area contributed by atoms with Gasteiger partial charge in [-0.1, -0.05) is 103 Å². The van der Waals surface area contributed by atoms with Crippen molar-refractivity contribution >= 4 is 17.7 Å². The molecule has 0 radical (unpaired) electrons. The molecule has 0 aliphatic carbocycles. The van der Waals surface area contributed by atoms with Gasteiger partial charge in [-0.05, 0) is 37.3 Å². The number of benzene rings is 1. The SMILES string of the molecule is CCCCCCCCCCCCCCCCCCSc1ccc(C(=O)OCC)cc1OC. The van der Waals surface area contributed by atoms with Gasteiger partial charge in [-0.3, -0.25) is 0 Å². The molecular formula is C28H48O3S. The molecule has 0 heterocycles. The Hall–Kier alpha value is -1.16. The van der Waals surface area contributed by atoms with E-state index in [9.17, 15) is 4.79 Å². The number of ether oxygens (including phenoxy) is 2. The Kier molecular flexibility index (Phi) is 18.4. The summed E-state index contributed by atoms with van der Waals surface area (Å²) < 4.78 is 10.5. The second kappa shape index (κ2) is 20.4. The van der Waals surface area contributed by atoms with Crippen molar-refractivity contribution < 1.29 is 14.3 Å². The Morgan fingerprint density at radius 3 is 1.72 bits per heavy atom. The second-order valence-corrected chi connectivity index (χ2v) is 9.87. The van der Waals surface area contributed by atoms with E-state index in [1.807, 2.05) is 30.8 Å². The van der Waals surface area contributed by atoms with Gasteiger partial charge in [0.25, 0.3) is 0 Å². The van der Waals surface area contributed by atoms with Crippen molar-refractivity contribution in [3.05, 3.63) is 23.8 Å². The molecule has 0 unspecified atom stereocenters. The van der Waals surface area contributed by atoms with E-state index in [-0.39, 0.29) is 5.97 Å². The Morgan fingerprint density at radius 1 is 0.750 bits per heavy atom. The summed E-state index contributed by atoms with van der Waals surface area (Å²) in [6.45, 7) is 4.49. The van der Waals surface area contributed by atoms with Gasteiger partial charge in [-0.15, -0.1) is 11.8 Å². The molecule has 1 rings (SSSR count). The van der Waals surface area contributed by atoms with Gasteiger partial charge in [0.2, 0.25) is 0 Å². The van der Waals surface area contributed by atoms with E-state index in [1.165, 1.54) is 103 Å². The first kappa shape index (κ1) is 28.9. The standard InChI is InChI=1S/C28H48O3S/c1-4-6-7-8-9-10-11-12-13-14-15-16-17-18-19-20-23-32-27-22-21-25(24-26(27)30-3)28(29)31-5-2/h21-22,24H,4-20,23H2,1-3H3. The van der Waals surface area contributed by atoms with Gasteiger partial charge in [0.1, 0.15) is 5.75 Å². The highest BCUT2D eigenvalue weighted by Crippen LogP contribution is 2.31. The van der Waals surface area contributed by atoms with Crippen LogP contribution < -0.4 is 4.74 Å². The lowest BCUT2D eigenvalue weighted by atomic mass is 10.0. The van der Waals surface area contributed by atoms with E-state index in [1.54, 1.807) is 13.2 Å². The zero-order chi connectivity index (χ0) is 23.3. The second-order valence-electron chi connectivity index (χ2n) is 8.74. The lowest BCUT2D eigenvalue weighted by molar-refractivity contribution is 0.0526. The van der Waals surface area contributed by atoms with Crippen LogP contribution in [0.1, 0.15) is 127 Å². The topological polar surface area (TPSA) is 35.5 Å². The predicted octanol–water partition coefficient (Wildman–Crippen LogP) is 9.23. The third kappa shape index (κ3) is 14.1. The minimum Gasteiger partial charge on any atom is -0.496 e. The van der Waals surface area contributed by atoms with E-state index in [0.717, 1.165) is 16.4 Å². The molecule has 0 atom stereocenters. The number of carbonyl (C=O) groups is 1. The van der Waals surface area contributed by atoms with Gasteiger partial charge < -0.3 is 9.47 Å². The molecule has 32 heavy (non-hydrogen) atoms. The Bertz CT molecular complexity index is 588. The minimum atomic E-state index is -0.292. The average Bonchev–Trinajstić information content (AvgIpc) is 2.81.